The predicted octanol–water partition coefficient (Wildman–Crippen LogP) is 2.08. The van der Waals surface area contributed by atoms with Gasteiger partial charge in [-0.2, -0.15) is 0 Å². The number of imidazole rings is 1. The Morgan fingerprint density at radius 1 is 1.36 bits per heavy atom. The number of aromatic amines is 1. The lowest BCUT2D eigenvalue weighted by Gasteiger charge is -2.24. The van der Waals surface area contributed by atoms with Crippen LogP contribution in [0.2, 0.25) is 0 Å². The minimum absolute atomic E-state index is 0.120. The van der Waals surface area contributed by atoms with Gasteiger partial charge in [0.2, 0.25) is 5.91 Å². The molecule has 0 unspecified atom stereocenters. The lowest BCUT2D eigenvalue weighted by molar-refractivity contribution is -0.132. The Morgan fingerprint density at radius 2 is 2.32 bits per heavy atom. The Labute approximate surface area is 146 Å². The summed E-state index contributed by atoms with van der Waals surface area (Å²) >= 11 is 0. The van der Waals surface area contributed by atoms with Gasteiger partial charge in [0.05, 0.1) is 19.5 Å². The molecule has 3 heterocycles. The van der Waals surface area contributed by atoms with E-state index in [1.54, 1.807) is 12.5 Å². The first-order valence-electron chi connectivity index (χ1n) is 8.65. The van der Waals surface area contributed by atoms with Crippen LogP contribution < -0.4 is 0 Å². The number of amides is 1. The summed E-state index contributed by atoms with van der Waals surface area (Å²) < 4.78 is 7.56. The number of nitrogens with zero attached hydrogens (tertiary/aromatic N) is 3. The van der Waals surface area contributed by atoms with Gasteiger partial charge in [-0.1, -0.05) is 6.07 Å². The summed E-state index contributed by atoms with van der Waals surface area (Å²) in [5, 5.41) is 1.22. The van der Waals surface area contributed by atoms with Crippen LogP contribution >= 0.6 is 0 Å². The van der Waals surface area contributed by atoms with Crippen LogP contribution in [0.4, 0.5) is 0 Å². The summed E-state index contributed by atoms with van der Waals surface area (Å²) in [7, 11) is 0. The number of aromatic nitrogens is 3. The van der Waals surface area contributed by atoms with Crippen molar-refractivity contribution in [3.8, 4) is 0 Å². The normalized spacial score (nSPS) is 18.4. The summed E-state index contributed by atoms with van der Waals surface area (Å²) in [5.41, 5.74) is 2.43. The molecule has 1 amide bonds. The van der Waals surface area contributed by atoms with E-state index in [1.807, 2.05) is 21.9 Å². The Kier molecular flexibility index (Phi) is 4.52. The lowest BCUT2D eigenvalue weighted by Crippen LogP contribution is -2.38. The van der Waals surface area contributed by atoms with Crippen LogP contribution in [-0.2, 0) is 22.5 Å². The van der Waals surface area contributed by atoms with E-state index in [0.29, 0.717) is 32.2 Å². The molecule has 25 heavy (non-hydrogen) atoms. The number of carbonyl (C=O) groups excluding carboxylic acids is 1. The second-order valence-electron chi connectivity index (χ2n) is 6.62. The van der Waals surface area contributed by atoms with Crippen molar-refractivity contribution in [2.24, 2.45) is 5.92 Å². The number of benzene rings is 1. The van der Waals surface area contributed by atoms with Crippen LogP contribution in [0.3, 0.4) is 0 Å². The van der Waals surface area contributed by atoms with Crippen LogP contribution in [0.15, 0.2) is 49.2 Å². The van der Waals surface area contributed by atoms with Gasteiger partial charge in [-0.05, 0) is 35.6 Å². The molecule has 4 rings (SSSR count). The van der Waals surface area contributed by atoms with Crippen molar-refractivity contribution in [3.05, 3.63) is 54.7 Å². The van der Waals surface area contributed by atoms with Crippen molar-refractivity contribution in [3.63, 3.8) is 0 Å². The number of nitrogens with one attached hydrogen (secondary N) is 1. The van der Waals surface area contributed by atoms with E-state index < -0.39 is 0 Å². The van der Waals surface area contributed by atoms with Gasteiger partial charge >= 0.3 is 0 Å². The third-order valence-corrected chi connectivity index (χ3v) is 4.71. The quantitative estimate of drug-likeness (QED) is 0.792. The van der Waals surface area contributed by atoms with E-state index in [0.717, 1.165) is 18.5 Å². The molecule has 2 aromatic heterocycles. The Balaban J connectivity index is 1.43. The Hall–Kier alpha value is -2.60. The monoisotopic (exact) mass is 338 g/mol. The molecule has 0 bridgehead atoms. The Morgan fingerprint density at radius 3 is 3.20 bits per heavy atom. The topological polar surface area (TPSA) is 63.1 Å². The van der Waals surface area contributed by atoms with Crippen molar-refractivity contribution in [1.82, 2.24) is 19.4 Å². The van der Waals surface area contributed by atoms with Gasteiger partial charge in [-0.15, -0.1) is 0 Å². The molecule has 1 saturated heterocycles. The van der Waals surface area contributed by atoms with Crippen molar-refractivity contribution in [1.29, 1.82) is 0 Å². The van der Waals surface area contributed by atoms with E-state index in [9.17, 15) is 4.79 Å². The van der Waals surface area contributed by atoms with Gasteiger partial charge in [0.1, 0.15) is 6.54 Å². The molecule has 6 heteroatoms. The van der Waals surface area contributed by atoms with Gasteiger partial charge in [-0.25, -0.2) is 4.98 Å². The highest BCUT2D eigenvalue weighted by atomic mass is 16.5. The average Bonchev–Trinajstić information content (AvgIpc) is 3.23. The highest BCUT2D eigenvalue weighted by Crippen LogP contribution is 2.19. The lowest BCUT2D eigenvalue weighted by atomic mass is 9.98. The van der Waals surface area contributed by atoms with E-state index in [1.165, 1.54) is 10.9 Å². The molecule has 0 saturated carbocycles. The van der Waals surface area contributed by atoms with E-state index in [4.69, 9.17) is 4.74 Å². The van der Waals surface area contributed by atoms with Crippen molar-refractivity contribution < 1.29 is 9.53 Å². The zero-order valence-corrected chi connectivity index (χ0v) is 14.1. The summed E-state index contributed by atoms with van der Waals surface area (Å²) in [5.74, 6) is 0.431. The largest absolute Gasteiger partial charge is 0.379 e. The summed E-state index contributed by atoms with van der Waals surface area (Å²) in [6.45, 7) is 3.02. The third-order valence-electron chi connectivity index (χ3n) is 4.71. The van der Waals surface area contributed by atoms with Gasteiger partial charge in [0, 0.05) is 43.1 Å². The smallest absolute Gasteiger partial charge is 0.242 e. The first-order valence-corrected chi connectivity index (χ1v) is 8.65. The van der Waals surface area contributed by atoms with Gasteiger partial charge < -0.3 is 19.2 Å². The van der Waals surface area contributed by atoms with Gasteiger partial charge in [0.15, 0.2) is 0 Å². The van der Waals surface area contributed by atoms with Gasteiger partial charge in [-0.3, -0.25) is 4.79 Å². The minimum atomic E-state index is 0.120. The molecule has 1 N–H and O–H groups in total. The number of carbonyl (C=O) groups is 1. The first-order chi connectivity index (χ1) is 12.3. The molecule has 1 aliphatic rings. The number of hydrogen-bond donors (Lipinski definition) is 1. The maximum atomic E-state index is 12.6. The molecular formula is C19H22N4O2. The van der Waals surface area contributed by atoms with Crippen LogP contribution in [0.5, 0.6) is 0 Å². The Bertz CT molecular complexity index is 840. The van der Waals surface area contributed by atoms with Crippen molar-refractivity contribution in [2.75, 3.05) is 26.3 Å². The fraction of sp³-hybridized carbons (Fsp3) is 0.368. The van der Waals surface area contributed by atoms with Crippen LogP contribution in [0.25, 0.3) is 10.9 Å². The number of H-pyrrole nitrogens is 1. The minimum Gasteiger partial charge on any atom is -0.379 e. The molecule has 1 fully saturated rings. The van der Waals surface area contributed by atoms with Crippen molar-refractivity contribution in [2.45, 2.75) is 13.0 Å². The predicted molar refractivity (Wildman–Crippen MR) is 95.1 cm³/mol. The maximum absolute atomic E-state index is 12.6. The molecule has 3 aromatic rings. The van der Waals surface area contributed by atoms with Gasteiger partial charge in [0.25, 0.3) is 0 Å². The van der Waals surface area contributed by atoms with Crippen LogP contribution in [-0.4, -0.2) is 51.6 Å². The molecule has 1 atom stereocenters. The second kappa shape index (κ2) is 7.11. The van der Waals surface area contributed by atoms with Crippen molar-refractivity contribution >= 4 is 16.8 Å². The molecule has 1 aliphatic heterocycles. The molecule has 0 radical (unpaired) electrons. The molecule has 0 spiro atoms. The fourth-order valence-electron chi connectivity index (χ4n) is 3.43. The number of fused-ring (bicyclic) bond motifs is 1. The van der Waals surface area contributed by atoms with E-state index in [-0.39, 0.29) is 5.91 Å². The zero-order valence-electron chi connectivity index (χ0n) is 14.1. The zero-order chi connectivity index (χ0) is 17.1. The molecule has 1 aromatic carbocycles. The third kappa shape index (κ3) is 3.74. The first kappa shape index (κ1) is 15.9. The number of ether oxygens (including phenoxy) is 1. The summed E-state index contributed by atoms with van der Waals surface area (Å²) in [4.78, 5) is 21.7. The van der Waals surface area contributed by atoms with Crippen LogP contribution in [0.1, 0.15) is 5.56 Å². The SMILES string of the molecule is O=C(Cn1ccnc1)N1CCOC[C@@H](Cc2ccc3[nH]ccc3c2)C1. The summed E-state index contributed by atoms with van der Waals surface area (Å²) in [6.07, 6.45) is 8.06. The molecular weight excluding hydrogens is 316 g/mol. The average molecular weight is 338 g/mol. The number of rotatable bonds is 4. The fourth-order valence-corrected chi connectivity index (χ4v) is 3.43. The summed E-state index contributed by atoms with van der Waals surface area (Å²) in [6, 6.07) is 8.57. The number of hydrogen-bond acceptors (Lipinski definition) is 3. The molecule has 0 aliphatic carbocycles. The second-order valence-corrected chi connectivity index (χ2v) is 6.62. The standard InChI is InChI=1S/C19H22N4O2/c24-19(12-22-6-5-20-14-22)23-7-8-25-13-16(11-23)9-15-1-2-18-17(10-15)3-4-21-18/h1-6,10,14,16,21H,7-9,11-13H2/t16-/m0/s1. The van der Waals surface area contributed by atoms with E-state index >= 15 is 0 Å². The molecule has 130 valence electrons. The maximum Gasteiger partial charge on any atom is 0.242 e. The molecule has 6 nitrogen and oxygen atoms in total. The highest BCUT2D eigenvalue weighted by molar-refractivity contribution is 5.80. The van der Waals surface area contributed by atoms with Crippen LogP contribution in [0, 0.1) is 5.92 Å². The highest BCUT2D eigenvalue weighted by Gasteiger charge is 2.23. The van der Waals surface area contributed by atoms with E-state index in [2.05, 4.69) is 34.2 Å².